The molecule has 0 aliphatic carbocycles. The third-order valence-electron chi connectivity index (χ3n) is 8.16. The zero-order valence-corrected chi connectivity index (χ0v) is 23.9. The number of likely N-dealkylation sites (tertiary alicyclic amines) is 1. The molecule has 0 saturated carbocycles. The van der Waals surface area contributed by atoms with Crippen LogP contribution in [0.15, 0.2) is 60.9 Å². The number of carbonyl (C=O) groups excluding carboxylic acids is 2. The van der Waals surface area contributed by atoms with Crippen molar-refractivity contribution in [3.05, 3.63) is 77.6 Å². The Morgan fingerprint density at radius 3 is 2.63 bits per heavy atom. The van der Waals surface area contributed by atoms with Gasteiger partial charge < -0.3 is 20.1 Å². The Morgan fingerprint density at radius 1 is 0.976 bits per heavy atom. The third kappa shape index (κ3) is 7.27. The van der Waals surface area contributed by atoms with Gasteiger partial charge in [-0.15, -0.1) is 0 Å². The Balaban J connectivity index is 1.21. The largest absolute Gasteiger partial charge is 0.494 e. The van der Waals surface area contributed by atoms with Crippen molar-refractivity contribution in [3.63, 3.8) is 0 Å². The van der Waals surface area contributed by atoms with E-state index in [9.17, 15) is 9.59 Å². The first-order chi connectivity index (χ1) is 20.1. The monoisotopic (exact) mass is 559 g/mol. The number of rotatable bonds is 6. The molecule has 9 heteroatoms. The molecule has 2 aliphatic heterocycles. The van der Waals surface area contributed by atoms with Crippen LogP contribution in [0.2, 0.25) is 0 Å². The highest BCUT2D eigenvalue weighted by molar-refractivity contribution is 5.96. The molecule has 2 N–H and O–H groups in total. The molecule has 2 aromatic carbocycles. The number of hydrogen-bond acceptors (Lipinski definition) is 6. The molecule has 9 nitrogen and oxygen atoms in total. The molecule has 1 fully saturated rings. The summed E-state index contributed by atoms with van der Waals surface area (Å²) in [7, 11) is 0. The number of nitrogens with zero attached hydrogens (tertiary/aromatic N) is 3. The lowest BCUT2D eigenvalue weighted by molar-refractivity contribution is -0.134. The van der Waals surface area contributed by atoms with Gasteiger partial charge in [0.2, 0.25) is 5.91 Å². The number of benzene rings is 2. The van der Waals surface area contributed by atoms with Gasteiger partial charge in [0.05, 0.1) is 30.7 Å². The van der Waals surface area contributed by atoms with Crippen LogP contribution in [0.3, 0.4) is 0 Å². The molecule has 0 atom stereocenters. The van der Waals surface area contributed by atoms with Crippen molar-refractivity contribution in [3.8, 4) is 11.5 Å². The van der Waals surface area contributed by atoms with E-state index in [1.165, 1.54) is 5.56 Å². The highest BCUT2D eigenvalue weighted by Gasteiger charge is 2.40. The molecule has 1 aromatic heterocycles. The van der Waals surface area contributed by atoms with Crippen molar-refractivity contribution in [2.75, 3.05) is 39.4 Å². The fourth-order valence-electron chi connectivity index (χ4n) is 5.89. The summed E-state index contributed by atoms with van der Waals surface area (Å²) < 4.78 is 13.7. The Bertz CT molecular complexity index is 1300. The summed E-state index contributed by atoms with van der Waals surface area (Å²) in [6.45, 7) is 7.13. The molecule has 2 amide bonds. The Labute approximate surface area is 242 Å². The van der Waals surface area contributed by atoms with E-state index >= 15 is 0 Å². The van der Waals surface area contributed by atoms with Gasteiger partial charge >= 0.3 is 0 Å². The first kappa shape index (κ1) is 28.7. The van der Waals surface area contributed by atoms with Gasteiger partial charge in [-0.25, -0.2) is 0 Å². The maximum atomic E-state index is 13.5. The van der Waals surface area contributed by atoms with Crippen LogP contribution in [0.25, 0.3) is 0 Å². The van der Waals surface area contributed by atoms with Crippen molar-refractivity contribution >= 4 is 11.8 Å². The summed E-state index contributed by atoms with van der Waals surface area (Å²) in [5, 5.41) is 10.5. The van der Waals surface area contributed by atoms with E-state index in [0.717, 1.165) is 63.1 Å². The van der Waals surface area contributed by atoms with Gasteiger partial charge in [0.15, 0.2) is 0 Å². The molecule has 218 valence electrons. The number of para-hydroxylation sites is 1. The van der Waals surface area contributed by atoms with Crippen LogP contribution in [-0.2, 0) is 17.9 Å². The lowest BCUT2D eigenvalue weighted by Gasteiger charge is -2.41. The SMILES string of the molecule is CCOc1ccc(CN2CCC3(CCCCNC(=O)c4ccccc4OCCNC3=O)CC2)cc1Cn1cccn1. The fraction of sp³-hybridized carbons (Fsp3) is 0.469. The van der Waals surface area contributed by atoms with Crippen molar-refractivity contribution in [2.45, 2.75) is 52.1 Å². The smallest absolute Gasteiger partial charge is 0.255 e. The number of amides is 2. The highest BCUT2D eigenvalue weighted by Crippen LogP contribution is 2.38. The minimum Gasteiger partial charge on any atom is -0.494 e. The van der Waals surface area contributed by atoms with Crippen molar-refractivity contribution in [1.29, 1.82) is 0 Å². The molecule has 3 aromatic rings. The maximum Gasteiger partial charge on any atom is 0.255 e. The lowest BCUT2D eigenvalue weighted by atomic mass is 9.73. The van der Waals surface area contributed by atoms with Crippen LogP contribution < -0.4 is 20.1 Å². The molecule has 0 radical (unpaired) electrons. The molecule has 0 unspecified atom stereocenters. The number of carbonyl (C=O) groups is 2. The van der Waals surface area contributed by atoms with E-state index in [-0.39, 0.29) is 11.8 Å². The molecule has 0 bridgehead atoms. The van der Waals surface area contributed by atoms with Gasteiger partial charge in [-0.2, -0.15) is 5.10 Å². The van der Waals surface area contributed by atoms with Gasteiger partial charge in [0.25, 0.3) is 5.91 Å². The number of piperidine rings is 1. The Kier molecular flexibility index (Phi) is 9.56. The van der Waals surface area contributed by atoms with E-state index in [1.54, 1.807) is 18.3 Å². The summed E-state index contributed by atoms with van der Waals surface area (Å²) in [5.41, 5.74) is 2.48. The standard InChI is InChI=1S/C32H41N5O4/c1-2-40-28-11-10-25(22-26(28)24-37-18-7-16-35-37)23-36-19-13-32(14-20-36)12-5-6-15-33-30(38)27-8-3-4-9-29(27)41-21-17-34-31(32)39/h3-4,7-11,16,18,22H,2,5-6,12-15,17,19-21,23-24H2,1H3,(H,33,38)(H,34,39). The predicted octanol–water partition coefficient (Wildman–Crippen LogP) is 4.02. The van der Waals surface area contributed by atoms with Gasteiger partial charge in [-0.1, -0.05) is 24.6 Å². The molecule has 3 heterocycles. The fourth-order valence-corrected chi connectivity index (χ4v) is 5.89. The maximum absolute atomic E-state index is 13.5. The second-order valence-electron chi connectivity index (χ2n) is 10.9. The van der Waals surface area contributed by atoms with E-state index in [4.69, 9.17) is 9.47 Å². The zero-order chi connectivity index (χ0) is 28.5. The van der Waals surface area contributed by atoms with E-state index in [0.29, 0.717) is 44.2 Å². The highest BCUT2D eigenvalue weighted by atomic mass is 16.5. The number of aromatic nitrogens is 2. The van der Waals surface area contributed by atoms with Crippen LogP contribution in [0, 0.1) is 5.41 Å². The Morgan fingerprint density at radius 2 is 1.83 bits per heavy atom. The van der Waals surface area contributed by atoms with Crippen molar-refractivity contribution in [2.24, 2.45) is 5.41 Å². The number of ether oxygens (including phenoxy) is 2. The van der Waals surface area contributed by atoms with E-state index in [2.05, 4.69) is 38.8 Å². The van der Waals surface area contributed by atoms with Crippen LogP contribution in [0.4, 0.5) is 0 Å². The second-order valence-corrected chi connectivity index (χ2v) is 10.9. The number of hydrogen-bond donors (Lipinski definition) is 2. The van der Waals surface area contributed by atoms with Crippen molar-refractivity contribution < 1.29 is 19.1 Å². The van der Waals surface area contributed by atoms with Crippen LogP contribution in [0.5, 0.6) is 11.5 Å². The topological polar surface area (TPSA) is 97.7 Å². The molecular weight excluding hydrogens is 518 g/mol. The van der Waals surface area contributed by atoms with Crippen LogP contribution in [0.1, 0.15) is 60.5 Å². The molecule has 1 saturated heterocycles. The molecule has 41 heavy (non-hydrogen) atoms. The molecule has 2 aliphatic rings. The average molecular weight is 560 g/mol. The molecule has 1 spiro atoms. The first-order valence-electron chi connectivity index (χ1n) is 14.8. The zero-order valence-electron chi connectivity index (χ0n) is 23.9. The van der Waals surface area contributed by atoms with Gasteiger partial charge in [0, 0.05) is 31.0 Å². The van der Waals surface area contributed by atoms with Crippen LogP contribution >= 0.6 is 0 Å². The van der Waals surface area contributed by atoms with Crippen molar-refractivity contribution in [1.82, 2.24) is 25.3 Å². The minimum absolute atomic E-state index is 0.119. The third-order valence-corrected chi connectivity index (χ3v) is 8.16. The number of nitrogens with one attached hydrogen (secondary N) is 2. The van der Waals surface area contributed by atoms with Crippen LogP contribution in [-0.4, -0.2) is 65.9 Å². The predicted molar refractivity (Wildman–Crippen MR) is 157 cm³/mol. The minimum atomic E-state index is -0.396. The van der Waals surface area contributed by atoms with E-state index in [1.807, 2.05) is 36.0 Å². The quantitative estimate of drug-likeness (QED) is 0.474. The molecule has 5 rings (SSSR count). The number of fused-ring (bicyclic) bond motifs is 1. The Hall–Kier alpha value is -3.85. The lowest BCUT2D eigenvalue weighted by Crippen LogP contribution is -2.49. The average Bonchev–Trinajstić information content (AvgIpc) is 3.50. The second kappa shape index (κ2) is 13.7. The van der Waals surface area contributed by atoms with Gasteiger partial charge in [0.1, 0.15) is 18.1 Å². The summed E-state index contributed by atoms with van der Waals surface area (Å²) in [6.07, 6.45) is 7.91. The summed E-state index contributed by atoms with van der Waals surface area (Å²) in [6, 6.07) is 15.6. The summed E-state index contributed by atoms with van der Waals surface area (Å²) in [5.74, 6) is 1.44. The van der Waals surface area contributed by atoms with E-state index < -0.39 is 5.41 Å². The normalized spacial score (nSPS) is 18.5. The summed E-state index contributed by atoms with van der Waals surface area (Å²) >= 11 is 0. The van der Waals surface area contributed by atoms with Gasteiger partial charge in [-0.05, 0) is 81.6 Å². The summed E-state index contributed by atoms with van der Waals surface area (Å²) in [4.78, 5) is 28.7. The first-order valence-corrected chi connectivity index (χ1v) is 14.8. The van der Waals surface area contributed by atoms with Gasteiger partial charge in [-0.3, -0.25) is 19.2 Å². The molecular formula is C32H41N5O4.